The molecular formula is C13H18BrN3. The Bertz CT molecular complexity index is 400. The lowest BCUT2D eigenvalue weighted by Gasteiger charge is -2.37. The van der Waals surface area contributed by atoms with Gasteiger partial charge < -0.3 is 4.90 Å². The zero-order chi connectivity index (χ0) is 12.0. The quantitative estimate of drug-likeness (QED) is 0.746. The van der Waals surface area contributed by atoms with Crippen molar-refractivity contribution in [3.05, 3.63) is 17.5 Å². The van der Waals surface area contributed by atoms with E-state index in [9.17, 15) is 0 Å². The molecule has 2 atom stereocenters. The van der Waals surface area contributed by atoms with E-state index in [2.05, 4.69) is 44.6 Å². The Morgan fingerprint density at radius 3 is 2.18 bits per heavy atom. The van der Waals surface area contributed by atoms with Gasteiger partial charge in [-0.2, -0.15) is 0 Å². The monoisotopic (exact) mass is 295 g/mol. The van der Waals surface area contributed by atoms with E-state index in [1.165, 1.54) is 25.7 Å². The summed E-state index contributed by atoms with van der Waals surface area (Å²) in [5.41, 5.74) is 2.15. The van der Waals surface area contributed by atoms with Gasteiger partial charge in [0.2, 0.25) is 5.95 Å². The number of nitrogens with zero attached hydrogens (tertiary/aromatic N) is 3. The lowest BCUT2D eigenvalue weighted by atomic mass is 10.0. The number of fused-ring (bicyclic) bond motifs is 2. The number of rotatable bonds is 1. The molecule has 0 spiro atoms. The molecule has 2 saturated heterocycles. The topological polar surface area (TPSA) is 29.0 Å². The van der Waals surface area contributed by atoms with E-state index in [-0.39, 0.29) is 0 Å². The highest BCUT2D eigenvalue weighted by atomic mass is 79.9. The van der Waals surface area contributed by atoms with Crippen molar-refractivity contribution in [1.29, 1.82) is 0 Å². The number of halogens is 1. The first-order valence-electron chi connectivity index (χ1n) is 6.38. The molecule has 0 N–H and O–H groups in total. The Balaban J connectivity index is 1.94. The third-order valence-electron chi connectivity index (χ3n) is 3.88. The fourth-order valence-electron chi connectivity index (χ4n) is 3.26. The van der Waals surface area contributed by atoms with E-state index in [0.29, 0.717) is 16.9 Å². The molecule has 92 valence electrons. The van der Waals surface area contributed by atoms with Gasteiger partial charge in [0.1, 0.15) is 0 Å². The molecule has 3 rings (SSSR count). The largest absolute Gasteiger partial charge is 0.335 e. The summed E-state index contributed by atoms with van der Waals surface area (Å²) in [4.78, 5) is 12.4. The Morgan fingerprint density at radius 1 is 1.12 bits per heavy atom. The van der Waals surface area contributed by atoms with Crippen LogP contribution >= 0.6 is 15.9 Å². The lowest BCUT2D eigenvalue weighted by molar-refractivity contribution is 0.474. The molecule has 4 heteroatoms. The van der Waals surface area contributed by atoms with Crippen molar-refractivity contribution < 1.29 is 0 Å². The van der Waals surface area contributed by atoms with Crippen molar-refractivity contribution >= 4 is 21.9 Å². The number of aryl methyl sites for hydroxylation is 2. The number of alkyl halides is 1. The molecule has 2 unspecified atom stereocenters. The number of piperidine rings is 1. The molecule has 17 heavy (non-hydrogen) atoms. The molecule has 2 fully saturated rings. The average Bonchev–Trinajstić information content (AvgIpc) is 2.50. The normalized spacial score (nSPS) is 31.9. The fraction of sp³-hybridized carbons (Fsp3) is 0.692. The number of anilines is 1. The minimum atomic E-state index is 0.638. The second-order valence-electron chi connectivity index (χ2n) is 5.31. The van der Waals surface area contributed by atoms with E-state index in [4.69, 9.17) is 0 Å². The van der Waals surface area contributed by atoms with Crippen molar-refractivity contribution in [1.82, 2.24) is 9.97 Å². The van der Waals surface area contributed by atoms with E-state index < -0.39 is 0 Å². The Labute approximate surface area is 111 Å². The van der Waals surface area contributed by atoms with E-state index in [1.807, 2.05) is 6.07 Å². The van der Waals surface area contributed by atoms with Crippen LogP contribution in [0.15, 0.2) is 6.07 Å². The molecule has 1 aromatic heterocycles. The maximum atomic E-state index is 4.62. The molecule has 0 saturated carbocycles. The summed E-state index contributed by atoms with van der Waals surface area (Å²) in [6.07, 6.45) is 5.05. The van der Waals surface area contributed by atoms with Crippen LogP contribution in [0.4, 0.5) is 5.95 Å². The minimum Gasteiger partial charge on any atom is -0.335 e. The summed E-state index contributed by atoms with van der Waals surface area (Å²) in [7, 11) is 0. The highest BCUT2D eigenvalue weighted by Crippen LogP contribution is 2.40. The standard InChI is InChI=1S/C13H18BrN3/c1-8-5-9(2)16-13(15-8)17-11-3-4-12(17)7-10(14)6-11/h5,10-12H,3-4,6-7H2,1-2H3. The molecule has 2 aliphatic heterocycles. The molecule has 3 nitrogen and oxygen atoms in total. The average molecular weight is 296 g/mol. The van der Waals surface area contributed by atoms with Crippen LogP contribution in [-0.2, 0) is 0 Å². The first kappa shape index (κ1) is 11.5. The predicted molar refractivity (Wildman–Crippen MR) is 72.7 cm³/mol. The lowest BCUT2D eigenvalue weighted by Crippen LogP contribution is -2.44. The molecule has 2 aliphatic rings. The maximum Gasteiger partial charge on any atom is 0.226 e. The van der Waals surface area contributed by atoms with Crippen LogP contribution in [-0.4, -0.2) is 26.9 Å². The molecule has 0 amide bonds. The van der Waals surface area contributed by atoms with Gasteiger partial charge in [0.25, 0.3) is 0 Å². The van der Waals surface area contributed by atoms with Gasteiger partial charge in [-0.15, -0.1) is 0 Å². The van der Waals surface area contributed by atoms with Gasteiger partial charge in [-0.05, 0) is 45.6 Å². The van der Waals surface area contributed by atoms with Crippen LogP contribution in [0.3, 0.4) is 0 Å². The maximum absolute atomic E-state index is 4.62. The summed E-state index contributed by atoms with van der Waals surface area (Å²) in [6, 6.07) is 3.32. The highest BCUT2D eigenvalue weighted by Gasteiger charge is 2.41. The van der Waals surface area contributed by atoms with E-state index in [1.54, 1.807) is 0 Å². The first-order valence-corrected chi connectivity index (χ1v) is 7.30. The minimum absolute atomic E-state index is 0.638. The number of aromatic nitrogens is 2. The van der Waals surface area contributed by atoms with Gasteiger partial charge in [0.15, 0.2) is 0 Å². The van der Waals surface area contributed by atoms with Crippen molar-refractivity contribution in [2.45, 2.75) is 56.4 Å². The predicted octanol–water partition coefficient (Wildman–Crippen LogP) is 2.99. The zero-order valence-electron chi connectivity index (χ0n) is 10.4. The van der Waals surface area contributed by atoms with Crippen LogP contribution in [0.1, 0.15) is 37.1 Å². The highest BCUT2D eigenvalue weighted by molar-refractivity contribution is 9.09. The van der Waals surface area contributed by atoms with Gasteiger partial charge >= 0.3 is 0 Å². The van der Waals surface area contributed by atoms with Gasteiger partial charge in [-0.1, -0.05) is 15.9 Å². The van der Waals surface area contributed by atoms with Gasteiger partial charge in [-0.25, -0.2) is 9.97 Å². The molecule has 2 bridgehead atoms. The van der Waals surface area contributed by atoms with Gasteiger partial charge in [0, 0.05) is 28.3 Å². The second-order valence-corrected chi connectivity index (χ2v) is 6.61. The van der Waals surface area contributed by atoms with E-state index in [0.717, 1.165) is 17.3 Å². The van der Waals surface area contributed by atoms with E-state index >= 15 is 0 Å². The Hall–Kier alpha value is -0.640. The third kappa shape index (κ3) is 2.07. The summed E-state index contributed by atoms with van der Waals surface area (Å²) in [6.45, 7) is 4.11. The zero-order valence-corrected chi connectivity index (χ0v) is 11.9. The summed E-state index contributed by atoms with van der Waals surface area (Å²) < 4.78 is 0. The summed E-state index contributed by atoms with van der Waals surface area (Å²) in [5.74, 6) is 0.953. The molecule has 0 aliphatic carbocycles. The molecule has 1 aromatic rings. The van der Waals surface area contributed by atoms with Crippen LogP contribution in [0.25, 0.3) is 0 Å². The van der Waals surface area contributed by atoms with Gasteiger partial charge in [0.05, 0.1) is 0 Å². The molecule has 0 aromatic carbocycles. The van der Waals surface area contributed by atoms with Crippen LogP contribution in [0, 0.1) is 13.8 Å². The van der Waals surface area contributed by atoms with Gasteiger partial charge in [-0.3, -0.25) is 0 Å². The van der Waals surface area contributed by atoms with Crippen molar-refractivity contribution in [3.63, 3.8) is 0 Å². The summed E-state index contributed by atoms with van der Waals surface area (Å²) in [5, 5.41) is 0. The van der Waals surface area contributed by atoms with Crippen LogP contribution in [0.2, 0.25) is 0 Å². The molecule has 3 heterocycles. The van der Waals surface area contributed by atoms with Crippen molar-refractivity contribution in [3.8, 4) is 0 Å². The van der Waals surface area contributed by atoms with Crippen LogP contribution in [0.5, 0.6) is 0 Å². The smallest absolute Gasteiger partial charge is 0.226 e. The third-order valence-corrected chi connectivity index (χ3v) is 4.62. The fourth-order valence-corrected chi connectivity index (χ4v) is 4.12. The second kappa shape index (κ2) is 4.23. The van der Waals surface area contributed by atoms with Crippen LogP contribution < -0.4 is 4.90 Å². The Kier molecular flexibility index (Phi) is 2.85. The van der Waals surface area contributed by atoms with Crippen molar-refractivity contribution in [2.24, 2.45) is 0 Å². The SMILES string of the molecule is Cc1cc(C)nc(N2C3CCC2CC(Br)C3)n1. The molecule has 0 radical (unpaired) electrons. The summed E-state index contributed by atoms with van der Waals surface area (Å²) >= 11 is 3.77. The first-order chi connectivity index (χ1) is 8.13. The Morgan fingerprint density at radius 2 is 1.65 bits per heavy atom. The van der Waals surface area contributed by atoms with Crippen molar-refractivity contribution in [2.75, 3.05) is 4.90 Å². The number of hydrogen-bond donors (Lipinski definition) is 0. The molecular weight excluding hydrogens is 278 g/mol. The number of hydrogen-bond acceptors (Lipinski definition) is 3.